The Morgan fingerprint density at radius 3 is 2.64 bits per heavy atom. The number of hydrogen-bond donors (Lipinski definition) is 0. The van der Waals surface area contributed by atoms with Gasteiger partial charge in [0.05, 0.1) is 6.04 Å². The first-order valence-corrected chi connectivity index (χ1v) is 5.35. The lowest BCUT2D eigenvalue weighted by molar-refractivity contribution is 0.0996. The van der Waals surface area contributed by atoms with Crippen LogP contribution in [0.15, 0.2) is 0 Å². The van der Waals surface area contributed by atoms with Crippen molar-refractivity contribution in [2.75, 3.05) is 33.2 Å². The lowest BCUT2D eigenvalue weighted by Gasteiger charge is -2.38. The highest BCUT2D eigenvalue weighted by Gasteiger charge is 2.39. The summed E-state index contributed by atoms with van der Waals surface area (Å²) in [5.41, 5.74) is 0. The summed E-state index contributed by atoms with van der Waals surface area (Å²) in [6, 6.07) is 1.22. The number of amides is 2. The zero-order chi connectivity index (χ0) is 10.3. The molecule has 2 aliphatic heterocycles. The minimum atomic E-state index is 0.207. The Kier molecular flexibility index (Phi) is 2.39. The standard InChI is InChI=1S/C10H19N3O/c1-8(2)12-4-5-13-9(7-12)6-11(3)10(13)14/h8-9H,4-7H2,1-3H3. The second-order valence-electron chi connectivity index (χ2n) is 4.60. The average molecular weight is 197 g/mol. The van der Waals surface area contributed by atoms with Crippen LogP contribution in [0, 0.1) is 0 Å². The van der Waals surface area contributed by atoms with E-state index in [9.17, 15) is 4.79 Å². The molecule has 2 amide bonds. The molecule has 0 saturated carbocycles. The molecule has 0 radical (unpaired) electrons. The van der Waals surface area contributed by atoms with Crippen LogP contribution < -0.4 is 0 Å². The molecule has 80 valence electrons. The third-order valence-corrected chi connectivity index (χ3v) is 3.30. The Morgan fingerprint density at radius 2 is 2.00 bits per heavy atom. The SMILES string of the molecule is CC(C)N1CCN2C(=O)N(C)CC2C1. The largest absolute Gasteiger partial charge is 0.326 e. The number of carbonyl (C=O) groups excluding carboxylic acids is 1. The smallest absolute Gasteiger partial charge is 0.320 e. The molecule has 0 bridgehead atoms. The van der Waals surface area contributed by atoms with Crippen LogP contribution in [0.2, 0.25) is 0 Å². The van der Waals surface area contributed by atoms with Gasteiger partial charge in [-0.1, -0.05) is 0 Å². The van der Waals surface area contributed by atoms with E-state index in [0.717, 1.165) is 26.2 Å². The lowest BCUT2D eigenvalue weighted by Crippen LogP contribution is -2.53. The lowest BCUT2D eigenvalue weighted by atomic mass is 10.1. The van der Waals surface area contributed by atoms with E-state index in [1.807, 2.05) is 16.8 Å². The topological polar surface area (TPSA) is 26.8 Å². The van der Waals surface area contributed by atoms with E-state index in [-0.39, 0.29) is 6.03 Å². The summed E-state index contributed by atoms with van der Waals surface area (Å²) in [6.07, 6.45) is 0. The zero-order valence-corrected chi connectivity index (χ0v) is 9.23. The van der Waals surface area contributed by atoms with Crippen molar-refractivity contribution in [1.82, 2.24) is 14.7 Å². The maximum atomic E-state index is 11.6. The van der Waals surface area contributed by atoms with Crippen LogP contribution in [-0.4, -0.2) is 66.0 Å². The Balaban J connectivity index is 2.03. The fourth-order valence-electron chi connectivity index (χ4n) is 2.37. The summed E-state index contributed by atoms with van der Waals surface area (Å²) in [5.74, 6) is 0. The molecule has 2 heterocycles. The number of nitrogens with zero attached hydrogens (tertiary/aromatic N) is 3. The quantitative estimate of drug-likeness (QED) is 0.610. The fourth-order valence-corrected chi connectivity index (χ4v) is 2.37. The molecule has 0 N–H and O–H groups in total. The minimum absolute atomic E-state index is 0.207. The van der Waals surface area contributed by atoms with Crippen molar-refractivity contribution in [3.63, 3.8) is 0 Å². The average Bonchev–Trinajstić information content (AvgIpc) is 2.42. The molecule has 0 aromatic heterocycles. The number of rotatable bonds is 1. The Morgan fingerprint density at radius 1 is 1.29 bits per heavy atom. The molecule has 4 nitrogen and oxygen atoms in total. The molecule has 4 heteroatoms. The van der Waals surface area contributed by atoms with E-state index in [1.54, 1.807) is 0 Å². The van der Waals surface area contributed by atoms with Gasteiger partial charge in [0, 0.05) is 39.3 Å². The van der Waals surface area contributed by atoms with Crippen LogP contribution >= 0.6 is 0 Å². The van der Waals surface area contributed by atoms with Crippen molar-refractivity contribution in [2.45, 2.75) is 25.9 Å². The van der Waals surface area contributed by atoms with Gasteiger partial charge in [-0.2, -0.15) is 0 Å². The van der Waals surface area contributed by atoms with Gasteiger partial charge in [-0.25, -0.2) is 4.79 Å². The first-order chi connectivity index (χ1) is 6.59. The third-order valence-electron chi connectivity index (χ3n) is 3.30. The van der Waals surface area contributed by atoms with E-state index >= 15 is 0 Å². The number of hydrogen-bond acceptors (Lipinski definition) is 2. The van der Waals surface area contributed by atoms with E-state index < -0.39 is 0 Å². The summed E-state index contributed by atoms with van der Waals surface area (Å²) < 4.78 is 0. The second kappa shape index (κ2) is 3.42. The van der Waals surface area contributed by atoms with Crippen LogP contribution in [0.3, 0.4) is 0 Å². The number of piperazine rings is 1. The van der Waals surface area contributed by atoms with Crippen molar-refractivity contribution in [3.8, 4) is 0 Å². The number of fused-ring (bicyclic) bond motifs is 1. The van der Waals surface area contributed by atoms with Crippen LogP contribution in [0.1, 0.15) is 13.8 Å². The first kappa shape index (κ1) is 9.77. The van der Waals surface area contributed by atoms with Gasteiger partial charge in [0.15, 0.2) is 0 Å². The summed E-state index contributed by atoms with van der Waals surface area (Å²) in [5, 5.41) is 0. The molecule has 2 saturated heterocycles. The molecular formula is C10H19N3O. The second-order valence-corrected chi connectivity index (χ2v) is 4.60. The molecule has 0 spiro atoms. The van der Waals surface area contributed by atoms with E-state index in [4.69, 9.17) is 0 Å². The van der Waals surface area contributed by atoms with Gasteiger partial charge in [0.1, 0.15) is 0 Å². The highest BCUT2D eigenvalue weighted by atomic mass is 16.2. The Labute approximate surface area is 85.5 Å². The molecule has 2 rings (SSSR count). The van der Waals surface area contributed by atoms with Crippen molar-refractivity contribution in [2.24, 2.45) is 0 Å². The van der Waals surface area contributed by atoms with E-state index in [0.29, 0.717) is 12.1 Å². The Bertz CT molecular complexity index is 242. The monoisotopic (exact) mass is 197 g/mol. The summed E-state index contributed by atoms with van der Waals surface area (Å²) in [6.45, 7) is 8.28. The molecule has 0 aromatic carbocycles. The molecule has 1 unspecified atom stereocenters. The third kappa shape index (κ3) is 1.47. The molecule has 0 aromatic rings. The van der Waals surface area contributed by atoms with Gasteiger partial charge >= 0.3 is 6.03 Å². The summed E-state index contributed by atoms with van der Waals surface area (Å²) in [4.78, 5) is 17.9. The number of carbonyl (C=O) groups is 1. The summed E-state index contributed by atoms with van der Waals surface area (Å²) in [7, 11) is 1.89. The molecular weight excluding hydrogens is 178 g/mol. The van der Waals surface area contributed by atoms with Gasteiger partial charge in [0.25, 0.3) is 0 Å². The van der Waals surface area contributed by atoms with Crippen LogP contribution in [0.25, 0.3) is 0 Å². The van der Waals surface area contributed by atoms with Gasteiger partial charge in [-0.05, 0) is 13.8 Å². The number of urea groups is 1. The van der Waals surface area contributed by atoms with Crippen molar-refractivity contribution >= 4 is 6.03 Å². The molecule has 14 heavy (non-hydrogen) atoms. The van der Waals surface area contributed by atoms with Crippen LogP contribution in [-0.2, 0) is 0 Å². The van der Waals surface area contributed by atoms with Gasteiger partial charge in [-0.15, -0.1) is 0 Å². The molecule has 1 atom stereocenters. The minimum Gasteiger partial charge on any atom is -0.326 e. The van der Waals surface area contributed by atoms with E-state index in [2.05, 4.69) is 18.7 Å². The van der Waals surface area contributed by atoms with Crippen LogP contribution in [0.4, 0.5) is 4.79 Å². The predicted octanol–water partition coefficient (Wildman–Crippen LogP) is 0.446. The zero-order valence-electron chi connectivity index (χ0n) is 9.23. The van der Waals surface area contributed by atoms with Crippen molar-refractivity contribution in [1.29, 1.82) is 0 Å². The normalized spacial score (nSPS) is 28.9. The maximum Gasteiger partial charge on any atom is 0.320 e. The first-order valence-electron chi connectivity index (χ1n) is 5.35. The van der Waals surface area contributed by atoms with Crippen LogP contribution in [0.5, 0.6) is 0 Å². The highest BCUT2D eigenvalue weighted by molar-refractivity contribution is 5.77. The molecule has 2 fully saturated rings. The number of likely N-dealkylation sites (N-methyl/N-ethyl adjacent to an activating group) is 1. The van der Waals surface area contributed by atoms with Crippen molar-refractivity contribution < 1.29 is 4.79 Å². The maximum absolute atomic E-state index is 11.6. The fraction of sp³-hybridized carbons (Fsp3) is 0.900. The van der Waals surface area contributed by atoms with E-state index in [1.165, 1.54) is 0 Å². The molecule has 2 aliphatic rings. The summed E-state index contributed by atoms with van der Waals surface area (Å²) >= 11 is 0. The van der Waals surface area contributed by atoms with Gasteiger partial charge in [-0.3, -0.25) is 4.90 Å². The highest BCUT2D eigenvalue weighted by Crippen LogP contribution is 2.20. The van der Waals surface area contributed by atoms with Gasteiger partial charge in [0.2, 0.25) is 0 Å². The van der Waals surface area contributed by atoms with Crippen molar-refractivity contribution in [3.05, 3.63) is 0 Å². The van der Waals surface area contributed by atoms with Gasteiger partial charge < -0.3 is 9.80 Å². The Hall–Kier alpha value is -0.770. The predicted molar refractivity (Wildman–Crippen MR) is 55.2 cm³/mol. The molecule has 0 aliphatic carbocycles.